The minimum absolute atomic E-state index is 0.118. The lowest BCUT2D eigenvalue weighted by Gasteiger charge is -2.27. The lowest BCUT2D eigenvalue weighted by Crippen LogP contribution is -2.42. The first-order valence-corrected chi connectivity index (χ1v) is 16.7. The number of aromatic nitrogens is 2. The molecule has 1 fully saturated rings. The molecule has 0 aliphatic carbocycles. The molecule has 41 heavy (non-hydrogen) atoms. The molecule has 3 heterocycles. The maximum atomic E-state index is 12.9. The summed E-state index contributed by atoms with van der Waals surface area (Å²) in [4.78, 5) is 12.8. The Hall–Kier alpha value is -2.69. The first-order valence-electron chi connectivity index (χ1n) is 14.1. The fourth-order valence-corrected chi connectivity index (χ4v) is 7.27. The largest absolute Gasteiger partial charge is 0.366 e. The van der Waals surface area contributed by atoms with Gasteiger partial charge in [-0.15, -0.1) is 11.3 Å². The molecule has 218 valence electrons. The van der Waals surface area contributed by atoms with Crippen molar-refractivity contribution in [3.05, 3.63) is 78.1 Å². The Morgan fingerprint density at radius 2 is 1.76 bits per heavy atom. The van der Waals surface area contributed by atoms with Gasteiger partial charge in [-0.2, -0.15) is 0 Å². The molecule has 2 aromatic heterocycles. The monoisotopic (exact) mass is 595 g/mol. The Bertz CT molecular complexity index is 1420. The van der Waals surface area contributed by atoms with Gasteiger partial charge in [-0.25, -0.2) is 9.97 Å². The molecular formula is C30H38N5O4PS. The second kappa shape index (κ2) is 14.5. The summed E-state index contributed by atoms with van der Waals surface area (Å²) in [6.45, 7) is 9.66. The van der Waals surface area contributed by atoms with Crippen LogP contribution < -0.4 is 10.6 Å². The molecule has 0 radical (unpaired) electrons. The second-order valence-corrected chi connectivity index (χ2v) is 12.9. The lowest BCUT2D eigenvalue weighted by atomic mass is 10.1. The Morgan fingerprint density at radius 3 is 2.46 bits per heavy atom. The number of nitrogens with one attached hydrogen (secondary N) is 2. The lowest BCUT2D eigenvalue weighted by molar-refractivity contribution is 0.126. The van der Waals surface area contributed by atoms with Crippen LogP contribution in [0.3, 0.4) is 0 Å². The third kappa shape index (κ3) is 7.99. The summed E-state index contributed by atoms with van der Waals surface area (Å²) >= 11 is 1.67. The quantitative estimate of drug-likeness (QED) is 0.166. The molecule has 1 saturated heterocycles. The van der Waals surface area contributed by atoms with E-state index in [1.807, 2.05) is 30.3 Å². The summed E-state index contributed by atoms with van der Waals surface area (Å²) in [5.74, 6) is 0.733. The Morgan fingerprint density at radius 1 is 1.02 bits per heavy atom. The molecule has 0 bridgehead atoms. The van der Waals surface area contributed by atoms with Crippen molar-refractivity contribution in [1.29, 1.82) is 0 Å². The SMILES string of the molecule is CCOP(=O)(COC[C@@H](Nc1ncnc2cc(-c3ccc(CN4CCNCC4)cc3)sc12)c1ccccc1)OCC. The summed E-state index contributed by atoms with van der Waals surface area (Å²) < 4.78 is 30.6. The number of fused-ring (bicyclic) bond motifs is 1. The average Bonchev–Trinajstić information content (AvgIpc) is 3.44. The van der Waals surface area contributed by atoms with Crippen LogP contribution in [-0.2, 0) is 24.9 Å². The van der Waals surface area contributed by atoms with E-state index in [1.54, 1.807) is 31.5 Å². The van der Waals surface area contributed by atoms with E-state index in [-0.39, 0.29) is 19.0 Å². The minimum Gasteiger partial charge on any atom is -0.366 e. The smallest absolute Gasteiger partial charge is 0.356 e. The van der Waals surface area contributed by atoms with E-state index in [0.717, 1.165) is 64.8 Å². The molecule has 2 aromatic carbocycles. The maximum absolute atomic E-state index is 12.9. The third-order valence-corrected chi connectivity index (χ3v) is 9.85. The van der Waals surface area contributed by atoms with Crippen molar-refractivity contribution in [3.63, 3.8) is 0 Å². The molecule has 1 aliphatic rings. The van der Waals surface area contributed by atoms with Crippen LogP contribution in [0, 0.1) is 0 Å². The van der Waals surface area contributed by atoms with Gasteiger partial charge in [0.25, 0.3) is 0 Å². The Labute approximate surface area is 245 Å². The number of hydrogen-bond acceptors (Lipinski definition) is 10. The van der Waals surface area contributed by atoms with Gasteiger partial charge < -0.3 is 24.4 Å². The van der Waals surface area contributed by atoms with Crippen LogP contribution in [0.2, 0.25) is 0 Å². The zero-order valence-electron chi connectivity index (χ0n) is 23.6. The van der Waals surface area contributed by atoms with Gasteiger partial charge in [0.2, 0.25) is 0 Å². The highest BCUT2D eigenvalue weighted by Gasteiger charge is 2.25. The molecule has 0 amide bonds. The van der Waals surface area contributed by atoms with Gasteiger partial charge in [0.15, 0.2) is 0 Å². The van der Waals surface area contributed by atoms with E-state index in [4.69, 9.17) is 13.8 Å². The van der Waals surface area contributed by atoms with E-state index in [2.05, 4.69) is 55.8 Å². The molecule has 2 N–H and O–H groups in total. The van der Waals surface area contributed by atoms with Crippen molar-refractivity contribution in [2.24, 2.45) is 0 Å². The fraction of sp³-hybridized carbons (Fsp3) is 0.400. The normalized spacial score (nSPS) is 15.3. The van der Waals surface area contributed by atoms with Crippen LogP contribution >= 0.6 is 18.9 Å². The number of ether oxygens (including phenoxy) is 1. The summed E-state index contributed by atoms with van der Waals surface area (Å²) in [6, 6.07) is 20.7. The van der Waals surface area contributed by atoms with E-state index < -0.39 is 7.60 Å². The van der Waals surface area contributed by atoms with Crippen LogP contribution in [0.15, 0.2) is 67.0 Å². The molecule has 1 atom stereocenters. The Balaban J connectivity index is 1.32. The average molecular weight is 596 g/mol. The van der Waals surface area contributed by atoms with E-state index >= 15 is 0 Å². The molecule has 0 spiro atoms. The molecule has 0 saturated carbocycles. The number of rotatable bonds is 14. The van der Waals surface area contributed by atoms with Crippen LogP contribution in [0.25, 0.3) is 20.7 Å². The number of nitrogens with zero attached hydrogens (tertiary/aromatic N) is 3. The van der Waals surface area contributed by atoms with Crippen LogP contribution in [0.1, 0.15) is 31.0 Å². The van der Waals surface area contributed by atoms with Crippen molar-refractivity contribution < 1.29 is 18.3 Å². The highest BCUT2D eigenvalue weighted by Crippen LogP contribution is 2.48. The predicted octanol–water partition coefficient (Wildman–Crippen LogP) is 6.16. The summed E-state index contributed by atoms with van der Waals surface area (Å²) in [6.07, 6.45) is 1.46. The minimum atomic E-state index is -3.31. The number of piperazine rings is 1. The first kappa shape index (κ1) is 29.8. The summed E-state index contributed by atoms with van der Waals surface area (Å²) in [5.41, 5.74) is 4.40. The molecule has 1 aliphatic heterocycles. The Kier molecular flexibility index (Phi) is 10.5. The van der Waals surface area contributed by atoms with Crippen LogP contribution in [0.4, 0.5) is 5.82 Å². The number of thiophene rings is 1. The highest BCUT2D eigenvalue weighted by molar-refractivity contribution is 7.53. The van der Waals surface area contributed by atoms with Crippen LogP contribution in [-0.4, -0.2) is 67.2 Å². The highest BCUT2D eigenvalue weighted by atomic mass is 32.1. The van der Waals surface area contributed by atoms with Crippen molar-refractivity contribution in [2.45, 2.75) is 26.4 Å². The van der Waals surface area contributed by atoms with E-state index in [0.29, 0.717) is 13.2 Å². The molecule has 9 nitrogen and oxygen atoms in total. The van der Waals surface area contributed by atoms with Gasteiger partial charge in [-0.1, -0.05) is 54.6 Å². The van der Waals surface area contributed by atoms with Crippen molar-refractivity contribution in [1.82, 2.24) is 20.2 Å². The molecular weight excluding hydrogens is 557 g/mol. The zero-order chi connectivity index (χ0) is 28.5. The molecule has 4 aromatic rings. The first-order chi connectivity index (χ1) is 20.1. The maximum Gasteiger partial charge on any atom is 0.356 e. The van der Waals surface area contributed by atoms with Gasteiger partial charge >= 0.3 is 7.60 Å². The number of benzene rings is 2. The van der Waals surface area contributed by atoms with E-state index in [1.165, 1.54) is 5.56 Å². The van der Waals surface area contributed by atoms with Gasteiger partial charge in [-0.3, -0.25) is 9.46 Å². The standard InChI is InChI=1S/C30H38N5O4PS/c1-3-38-40(36,39-4-2)22-37-20-27(24-8-6-5-7-9-24)34-30-29-26(32-21-33-30)18-28(41-29)25-12-10-23(11-13-25)19-35-16-14-31-15-17-35/h5-13,18,21,27,31H,3-4,14-17,19-20,22H2,1-2H3,(H,32,33,34)/t27-/m1/s1. The summed E-state index contributed by atoms with van der Waals surface area (Å²) in [7, 11) is -3.31. The van der Waals surface area contributed by atoms with Gasteiger partial charge in [0, 0.05) is 37.6 Å². The summed E-state index contributed by atoms with van der Waals surface area (Å²) in [5, 5.41) is 6.97. The molecule has 11 heteroatoms. The van der Waals surface area contributed by atoms with E-state index in [9.17, 15) is 4.57 Å². The third-order valence-electron chi connectivity index (χ3n) is 6.86. The second-order valence-electron chi connectivity index (χ2n) is 9.82. The molecule has 5 rings (SSSR count). The van der Waals surface area contributed by atoms with Crippen molar-refractivity contribution in [3.8, 4) is 10.4 Å². The molecule has 0 unspecified atom stereocenters. The van der Waals surface area contributed by atoms with Crippen molar-refractivity contribution >= 4 is 35.0 Å². The number of hydrogen-bond donors (Lipinski definition) is 2. The topological polar surface area (TPSA) is 97.8 Å². The van der Waals surface area contributed by atoms with Gasteiger partial charge in [0.05, 0.1) is 36.1 Å². The van der Waals surface area contributed by atoms with Gasteiger partial charge in [0.1, 0.15) is 18.5 Å². The van der Waals surface area contributed by atoms with Crippen molar-refractivity contribution in [2.75, 3.05) is 57.7 Å². The van der Waals surface area contributed by atoms with Crippen LogP contribution in [0.5, 0.6) is 0 Å². The number of anilines is 1. The van der Waals surface area contributed by atoms with Gasteiger partial charge in [-0.05, 0) is 36.6 Å². The fourth-order valence-electron chi connectivity index (χ4n) is 4.86. The zero-order valence-corrected chi connectivity index (χ0v) is 25.3. The predicted molar refractivity (Wildman–Crippen MR) is 165 cm³/mol.